The lowest BCUT2D eigenvalue weighted by Gasteiger charge is -2.40. The second kappa shape index (κ2) is 5.20. The standard InChI is InChI=1S/C15H19N5O/c1-15(13-11(14(16)21)9-18-19-13)6-4-8-20(10-15)12-5-2-3-7-17-12/h2-3,5,7,9H,4,6,8,10H2,1H3,(H2,16,21)(H,18,19)/t15-/m0/s1. The summed E-state index contributed by atoms with van der Waals surface area (Å²) in [5.74, 6) is 0.526. The SMILES string of the molecule is C[C@]1(c2[nH]ncc2C(N)=O)CCCN(c2ccccn2)C1. The Morgan fingerprint density at radius 1 is 1.48 bits per heavy atom. The van der Waals surface area contributed by atoms with Gasteiger partial charge in [0.25, 0.3) is 5.91 Å². The Balaban J connectivity index is 1.91. The summed E-state index contributed by atoms with van der Waals surface area (Å²) >= 11 is 0. The van der Waals surface area contributed by atoms with E-state index in [0.717, 1.165) is 37.4 Å². The number of primary amides is 1. The number of piperidine rings is 1. The Morgan fingerprint density at radius 3 is 3.05 bits per heavy atom. The van der Waals surface area contributed by atoms with Crippen LogP contribution in [0.5, 0.6) is 0 Å². The molecule has 0 unspecified atom stereocenters. The van der Waals surface area contributed by atoms with Crippen molar-refractivity contribution in [1.29, 1.82) is 0 Å². The summed E-state index contributed by atoms with van der Waals surface area (Å²) in [4.78, 5) is 18.2. The smallest absolute Gasteiger partial charge is 0.252 e. The van der Waals surface area contributed by atoms with E-state index in [4.69, 9.17) is 5.73 Å². The molecule has 2 aromatic heterocycles. The molecule has 1 saturated heterocycles. The van der Waals surface area contributed by atoms with Crippen LogP contribution in [-0.2, 0) is 5.41 Å². The van der Waals surface area contributed by atoms with Crippen molar-refractivity contribution in [2.45, 2.75) is 25.2 Å². The number of amides is 1. The van der Waals surface area contributed by atoms with Gasteiger partial charge >= 0.3 is 0 Å². The molecule has 3 N–H and O–H groups in total. The minimum Gasteiger partial charge on any atom is -0.365 e. The molecule has 0 aromatic carbocycles. The number of H-pyrrole nitrogens is 1. The summed E-state index contributed by atoms with van der Waals surface area (Å²) in [6.45, 7) is 3.89. The summed E-state index contributed by atoms with van der Waals surface area (Å²) in [6.07, 6.45) is 5.33. The first-order valence-electron chi connectivity index (χ1n) is 7.10. The van der Waals surface area contributed by atoms with E-state index in [1.165, 1.54) is 6.20 Å². The van der Waals surface area contributed by atoms with Crippen molar-refractivity contribution in [3.8, 4) is 0 Å². The van der Waals surface area contributed by atoms with Crippen molar-refractivity contribution >= 4 is 11.7 Å². The van der Waals surface area contributed by atoms with Gasteiger partial charge in [0.05, 0.1) is 17.5 Å². The van der Waals surface area contributed by atoms with Gasteiger partial charge in [0.15, 0.2) is 0 Å². The fourth-order valence-corrected chi connectivity index (χ4v) is 3.11. The number of nitrogens with one attached hydrogen (secondary N) is 1. The molecular weight excluding hydrogens is 266 g/mol. The van der Waals surface area contributed by atoms with Gasteiger partial charge in [-0.05, 0) is 25.0 Å². The Morgan fingerprint density at radius 2 is 2.33 bits per heavy atom. The average Bonchev–Trinajstić information content (AvgIpc) is 2.99. The molecule has 1 atom stereocenters. The second-order valence-electron chi connectivity index (χ2n) is 5.80. The average molecular weight is 285 g/mol. The van der Waals surface area contributed by atoms with E-state index in [-0.39, 0.29) is 5.41 Å². The fraction of sp³-hybridized carbons (Fsp3) is 0.400. The third kappa shape index (κ3) is 2.49. The van der Waals surface area contributed by atoms with E-state index < -0.39 is 5.91 Å². The molecular formula is C15H19N5O. The van der Waals surface area contributed by atoms with Crippen molar-refractivity contribution in [2.24, 2.45) is 5.73 Å². The van der Waals surface area contributed by atoms with Gasteiger partial charge in [0.1, 0.15) is 5.82 Å². The second-order valence-corrected chi connectivity index (χ2v) is 5.80. The molecule has 0 radical (unpaired) electrons. The summed E-state index contributed by atoms with van der Waals surface area (Å²) in [5.41, 5.74) is 6.58. The third-order valence-electron chi connectivity index (χ3n) is 4.18. The maximum Gasteiger partial charge on any atom is 0.252 e. The van der Waals surface area contributed by atoms with E-state index in [2.05, 4.69) is 27.0 Å². The molecule has 6 heteroatoms. The Labute approximate surface area is 123 Å². The zero-order valence-electron chi connectivity index (χ0n) is 12.0. The molecule has 6 nitrogen and oxygen atoms in total. The monoisotopic (exact) mass is 285 g/mol. The summed E-state index contributed by atoms with van der Waals surface area (Å²) in [6, 6.07) is 5.90. The number of hydrogen-bond acceptors (Lipinski definition) is 4. The molecule has 1 aliphatic heterocycles. The van der Waals surface area contributed by atoms with E-state index in [1.54, 1.807) is 6.20 Å². The van der Waals surface area contributed by atoms with Crippen molar-refractivity contribution in [1.82, 2.24) is 15.2 Å². The molecule has 1 amide bonds. The van der Waals surface area contributed by atoms with Crippen LogP contribution in [0.15, 0.2) is 30.6 Å². The number of nitrogens with zero attached hydrogens (tertiary/aromatic N) is 3. The molecule has 1 fully saturated rings. The van der Waals surface area contributed by atoms with Gasteiger partial charge in [-0.25, -0.2) is 4.98 Å². The number of carbonyl (C=O) groups excluding carboxylic acids is 1. The first-order chi connectivity index (χ1) is 10.1. The lowest BCUT2D eigenvalue weighted by molar-refractivity contribution is 0.0997. The number of hydrogen-bond donors (Lipinski definition) is 2. The predicted octanol–water partition coefficient (Wildman–Crippen LogP) is 1.46. The largest absolute Gasteiger partial charge is 0.365 e. The van der Waals surface area contributed by atoms with E-state index in [9.17, 15) is 4.79 Å². The molecule has 0 aliphatic carbocycles. The summed E-state index contributed by atoms with van der Waals surface area (Å²) < 4.78 is 0. The highest BCUT2D eigenvalue weighted by Gasteiger charge is 2.37. The Bertz CT molecular complexity index is 639. The lowest BCUT2D eigenvalue weighted by Crippen LogP contribution is -2.45. The number of anilines is 1. The number of aromatic amines is 1. The van der Waals surface area contributed by atoms with Gasteiger partial charge in [-0.1, -0.05) is 13.0 Å². The van der Waals surface area contributed by atoms with Gasteiger partial charge in [-0.2, -0.15) is 5.10 Å². The highest BCUT2D eigenvalue weighted by Crippen LogP contribution is 2.35. The Hall–Kier alpha value is -2.37. The molecule has 2 aromatic rings. The lowest BCUT2D eigenvalue weighted by atomic mass is 9.77. The molecule has 110 valence electrons. The van der Waals surface area contributed by atoms with Crippen LogP contribution >= 0.6 is 0 Å². The zero-order chi connectivity index (χ0) is 14.9. The molecule has 0 bridgehead atoms. The normalized spacial score (nSPS) is 22.2. The molecule has 3 heterocycles. The van der Waals surface area contributed by atoms with Crippen molar-refractivity contribution in [2.75, 3.05) is 18.0 Å². The highest BCUT2D eigenvalue weighted by atomic mass is 16.1. The molecule has 0 spiro atoms. The molecule has 21 heavy (non-hydrogen) atoms. The van der Waals surface area contributed by atoms with E-state index in [0.29, 0.717) is 5.56 Å². The number of nitrogens with two attached hydrogens (primary N) is 1. The first-order valence-corrected chi connectivity index (χ1v) is 7.10. The van der Waals surface area contributed by atoms with Crippen molar-refractivity contribution in [3.05, 3.63) is 41.9 Å². The van der Waals surface area contributed by atoms with Crippen LogP contribution in [0.2, 0.25) is 0 Å². The van der Waals surface area contributed by atoms with Crippen LogP contribution in [0, 0.1) is 0 Å². The van der Waals surface area contributed by atoms with Crippen LogP contribution < -0.4 is 10.6 Å². The molecule has 3 rings (SSSR count). The quantitative estimate of drug-likeness (QED) is 0.893. The van der Waals surface area contributed by atoms with Gasteiger partial charge in [-0.3, -0.25) is 9.89 Å². The third-order valence-corrected chi connectivity index (χ3v) is 4.18. The van der Waals surface area contributed by atoms with Crippen LogP contribution in [0.25, 0.3) is 0 Å². The first kappa shape index (κ1) is 13.6. The van der Waals surface area contributed by atoms with Gasteiger partial charge in [0, 0.05) is 24.7 Å². The molecule has 0 saturated carbocycles. The predicted molar refractivity (Wildman–Crippen MR) is 80.1 cm³/mol. The zero-order valence-corrected chi connectivity index (χ0v) is 12.0. The number of rotatable bonds is 3. The van der Waals surface area contributed by atoms with Crippen molar-refractivity contribution < 1.29 is 4.79 Å². The van der Waals surface area contributed by atoms with Gasteiger partial charge in [0.2, 0.25) is 0 Å². The fourth-order valence-electron chi connectivity index (χ4n) is 3.11. The van der Waals surface area contributed by atoms with E-state index >= 15 is 0 Å². The van der Waals surface area contributed by atoms with Gasteiger partial charge < -0.3 is 10.6 Å². The van der Waals surface area contributed by atoms with Crippen LogP contribution in [0.1, 0.15) is 35.8 Å². The summed E-state index contributed by atoms with van der Waals surface area (Å²) in [5, 5.41) is 6.97. The number of carbonyl (C=O) groups is 1. The molecule has 1 aliphatic rings. The maximum absolute atomic E-state index is 11.6. The van der Waals surface area contributed by atoms with Crippen LogP contribution in [0.4, 0.5) is 5.82 Å². The highest BCUT2D eigenvalue weighted by molar-refractivity contribution is 5.94. The van der Waals surface area contributed by atoms with Crippen molar-refractivity contribution in [3.63, 3.8) is 0 Å². The minimum atomic E-state index is -0.435. The minimum absolute atomic E-state index is 0.184. The number of aromatic nitrogens is 3. The van der Waals surface area contributed by atoms with E-state index in [1.807, 2.05) is 18.2 Å². The summed E-state index contributed by atoms with van der Waals surface area (Å²) in [7, 11) is 0. The number of pyridine rings is 1. The van der Waals surface area contributed by atoms with Gasteiger partial charge in [-0.15, -0.1) is 0 Å². The topological polar surface area (TPSA) is 87.9 Å². The maximum atomic E-state index is 11.6. The van der Waals surface area contributed by atoms with Crippen LogP contribution in [-0.4, -0.2) is 34.2 Å². The Kier molecular flexibility index (Phi) is 3.37. The van der Waals surface area contributed by atoms with Crippen LogP contribution in [0.3, 0.4) is 0 Å².